The predicted molar refractivity (Wildman–Crippen MR) is 76.0 cm³/mol. The number of carbonyl (C=O) groups excluding carboxylic acids is 1. The van der Waals surface area contributed by atoms with Crippen LogP contribution in [0.3, 0.4) is 0 Å². The van der Waals surface area contributed by atoms with Crippen LogP contribution in [0.15, 0.2) is 18.2 Å². The van der Waals surface area contributed by atoms with E-state index in [9.17, 15) is 20.2 Å². The molecule has 112 valence electrons. The highest BCUT2D eigenvalue weighted by molar-refractivity contribution is 5.95. The smallest absolute Gasteiger partial charge is 0.310 e. The molecular weight excluding hydrogens is 274 g/mol. The van der Waals surface area contributed by atoms with Crippen molar-refractivity contribution in [3.63, 3.8) is 0 Å². The third-order valence-electron chi connectivity index (χ3n) is 3.41. The summed E-state index contributed by atoms with van der Waals surface area (Å²) in [5.74, 6) is -0.461. The molecule has 0 heterocycles. The molecule has 0 saturated carbocycles. The van der Waals surface area contributed by atoms with E-state index in [1.54, 1.807) is 0 Å². The summed E-state index contributed by atoms with van der Waals surface area (Å²) >= 11 is 0. The quantitative estimate of drug-likeness (QED) is 0.640. The summed E-state index contributed by atoms with van der Waals surface area (Å²) in [4.78, 5) is 22.4. The summed E-state index contributed by atoms with van der Waals surface area (Å²) in [6, 6.07) is 5.94. The fraction of sp³-hybridized carbons (Fsp3) is 0.429. The normalized spacial score (nSPS) is 10.6. The largest absolute Gasteiger partial charge is 0.490 e. The van der Waals surface area contributed by atoms with E-state index in [0.29, 0.717) is 12.8 Å². The number of benzene rings is 1. The number of hydrogen-bond donors (Lipinski definition) is 1. The molecule has 1 N–H and O–H groups in total. The molecule has 0 aliphatic heterocycles. The van der Waals surface area contributed by atoms with Gasteiger partial charge in [-0.3, -0.25) is 14.9 Å². The van der Waals surface area contributed by atoms with Crippen molar-refractivity contribution in [3.8, 4) is 11.8 Å². The molecule has 0 aliphatic rings. The summed E-state index contributed by atoms with van der Waals surface area (Å²) < 4.78 is 4.92. The number of methoxy groups -OCH3 is 1. The van der Waals surface area contributed by atoms with Crippen LogP contribution in [0.1, 0.15) is 37.0 Å². The number of rotatable bonds is 6. The molecule has 1 aromatic rings. The lowest BCUT2D eigenvalue weighted by atomic mass is 9.94. The molecule has 21 heavy (non-hydrogen) atoms. The lowest BCUT2D eigenvalue weighted by Crippen LogP contribution is -2.46. The van der Waals surface area contributed by atoms with Crippen molar-refractivity contribution < 1.29 is 14.5 Å². The maximum absolute atomic E-state index is 12.2. The first kappa shape index (κ1) is 16.4. The van der Waals surface area contributed by atoms with Crippen molar-refractivity contribution in [2.75, 3.05) is 7.11 Å². The van der Waals surface area contributed by atoms with Crippen molar-refractivity contribution in [2.45, 2.75) is 32.2 Å². The van der Waals surface area contributed by atoms with Gasteiger partial charge in [-0.2, -0.15) is 5.26 Å². The van der Waals surface area contributed by atoms with Gasteiger partial charge in [0.05, 0.1) is 18.1 Å². The Balaban J connectivity index is 3.09. The van der Waals surface area contributed by atoms with Gasteiger partial charge in [-0.25, -0.2) is 0 Å². The molecule has 0 atom stereocenters. The Bertz CT molecular complexity index is 588. The van der Waals surface area contributed by atoms with E-state index in [0.717, 1.165) is 0 Å². The van der Waals surface area contributed by atoms with Gasteiger partial charge in [0.25, 0.3) is 5.91 Å². The van der Waals surface area contributed by atoms with Gasteiger partial charge in [-0.05, 0) is 18.9 Å². The number of amides is 1. The molecule has 0 aliphatic carbocycles. The molecule has 1 aromatic carbocycles. The van der Waals surface area contributed by atoms with Crippen LogP contribution in [0.25, 0.3) is 0 Å². The average molecular weight is 291 g/mol. The van der Waals surface area contributed by atoms with Crippen LogP contribution in [0.4, 0.5) is 5.69 Å². The van der Waals surface area contributed by atoms with Crippen LogP contribution in [0.2, 0.25) is 0 Å². The summed E-state index contributed by atoms with van der Waals surface area (Å²) in [6.07, 6.45) is 0.936. The number of ether oxygens (including phenoxy) is 1. The van der Waals surface area contributed by atoms with Gasteiger partial charge < -0.3 is 10.1 Å². The highest BCUT2D eigenvalue weighted by Gasteiger charge is 2.28. The van der Waals surface area contributed by atoms with Crippen molar-refractivity contribution in [3.05, 3.63) is 33.9 Å². The van der Waals surface area contributed by atoms with Crippen LogP contribution < -0.4 is 10.1 Å². The van der Waals surface area contributed by atoms with Crippen molar-refractivity contribution in [1.82, 2.24) is 5.32 Å². The predicted octanol–water partition coefficient (Wildman–Crippen LogP) is 2.42. The first-order chi connectivity index (χ1) is 9.92. The Morgan fingerprint density at radius 2 is 2.10 bits per heavy atom. The molecule has 0 fully saturated rings. The van der Waals surface area contributed by atoms with E-state index in [1.165, 1.54) is 25.3 Å². The van der Waals surface area contributed by atoms with E-state index < -0.39 is 16.4 Å². The molecule has 0 unspecified atom stereocenters. The standard InChI is InChI=1S/C14H17N3O4/c1-4-14(5-2,9-15)16-13(18)10-6-7-11(17(19)20)12(8-10)21-3/h6-8H,4-5H2,1-3H3,(H,16,18). The summed E-state index contributed by atoms with van der Waals surface area (Å²) in [7, 11) is 1.29. The molecule has 0 bridgehead atoms. The van der Waals surface area contributed by atoms with Gasteiger partial charge in [-0.1, -0.05) is 13.8 Å². The number of carbonyl (C=O) groups is 1. The van der Waals surface area contributed by atoms with Crippen LogP contribution in [-0.2, 0) is 0 Å². The Labute approximate surface area is 122 Å². The van der Waals surface area contributed by atoms with Crippen molar-refractivity contribution >= 4 is 11.6 Å². The summed E-state index contributed by atoms with van der Waals surface area (Å²) in [6.45, 7) is 3.62. The van der Waals surface area contributed by atoms with Gasteiger partial charge in [0, 0.05) is 17.7 Å². The molecule has 0 radical (unpaired) electrons. The van der Waals surface area contributed by atoms with E-state index >= 15 is 0 Å². The lowest BCUT2D eigenvalue weighted by Gasteiger charge is -2.24. The van der Waals surface area contributed by atoms with E-state index in [4.69, 9.17) is 4.74 Å². The minimum Gasteiger partial charge on any atom is -0.490 e. The fourth-order valence-corrected chi connectivity index (χ4v) is 1.87. The Kier molecular flexibility index (Phi) is 5.24. The second-order valence-electron chi connectivity index (χ2n) is 4.50. The topological polar surface area (TPSA) is 105 Å². The lowest BCUT2D eigenvalue weighted by molar-refractivity contribution is -0.385. The molecule has 0 saturated heterocycles. The molecule has 1 amide bonds. The fourth-order valence-electron chi connectivity index (χ4n) is 1.87. The molecule has 0 aromatic heterocycles. The number of nitro benzene ring substituents is 1. The van der Waals surface area contributed by atoms with Gasteiger partial charge in [0.2, 0.25) is 0 Å². The second-order valence-corrected chi connectivity index (χ2v) is 4.50. The van der Waals surface area contributed by atoms with Crippen LogP contribution in [0.5, 0.6) is 5.75 Å². The molecule has 7 nitrogen and oxygen atoms in total. The number of hydrogen-bond acceptors (Lipinski definition) is 5. The number of nitriles is 1. The van der Waals surface area contributed by atoms with Gasteiger partial charge in [0.15, 0.2) is 5.75 Å². The SMILES string of the molecule is CCC(C#N)(CC)NC(=O)c1ccc([N+](=O)[O-])c(OC)c1. The van der Waals surface area contributed by atoms with Crippen LogP contribution in [-0.4, -0.2) is 23.5 Å². The van der Waals surface area contributed by atoms with E-state index in [-0.39, 0.29) is 17.0 Å². The Hall–Kier alpha value is -2.62. The first-order valence-corrected chi connectivity index (χ1v) is 6.49. The third-order valence-corrected chi connectivity index (χ3v) is 3.41. The second kappa shape index (κ2) is 6.70. The Morgan fingerprint density at radius 1 is 1.48 bits per heavy atom. The van der Waals surface area contributed by atoms with E-state index in [1.807, 2.05) is 13.8 Å². The summed E-state index contributed by atoms with van der Waals surface area (Å²) in [5, 5.41) is 22.7. The van der Waals surface area contributed by atoms with Gasteiger partial charge in [-0.15, -0.1) is 0 Å². The highest BCUT2D eigenvalue weighted by Crippen LogP contribution is 2.27. The zero-order chi connectivity index (χ0) is 16.0. The summed E-state index contributed by atoms with van der Waals surface area (Å²) in [5.41, 5.74) is -0.947. The maximum Gasteiger partial charge on any atom is 0.310 e. The number of nitrogens with zero attached hydrogens (tertiary/aromatic N) is 2. The molecular formula is C14H17N3O4. The molecule has 0 spiro atoms. The first-order valence-electron chi connectivity index (χ1n) is 6.49. The molecule has 7 heteroatoms. The Morgan fingerprint density at radius 3 is 2.52 bits per heavy atom. The zero-order valence-corrected chi connectivity index (χ0v) is 12.2. The van der Waals surface area contributed by atoms with E-state index in [2.05, 4.69) is 11.4 Å². The average Bonchev–Trinajstić information content (AvgIpc) is 2.51. The molecule has 1 rings (SSSR count). The van der Waals surface area contributed by atoms with Gasteiger partial charge >= 0.3 is 5.69 Å². The van der Waals surface area contributed by atoms with Crippen molar-refractivity contribution in [2.24, 2.45) is 0 Å². The van der Waals surface area contributed by atoms with Gasteiger partial charge in [0.1, 0.15) is 5.54 Å². The zero-order valence-electron chi connectivity index (χ0n) is 12.2. The highest BCUT2D eigenvalue weighted by atomic mass is 16.6. The van der Waals surface area contributed by atoms with Crippen LogP contribution >= 0.6 is 0 Å². The maximum atomic E-state index is 12.2. The third kappa shape index (κ3) is 3.48. The van der Waals surface area contributed by atoms with Crippen molar-refractivity contribution in [1.29, 1.82) is 5.26 Å². The minimum atomic E-state index is -0.938. The number of nitro groups is 1. The monoisotopic (exact) mass is 291 g/mol. The van der Waals surface area contributed by atoms with Crippen LogP contribution in [0, 0.1) is 21.4 Å². The minimum absolute atomic E-state index is 0.00297. The number of nitrogens with one attached hydrogen (secondary N) is 1.